The van der Waals surface area contributed by atoms with Crippen LogP contribution >= 0.6 is 0 Å². The number of hydrogen-bond acceptors (Lipinski definition) is 4. The van der Waals surface area contributed by atoms with Crippen molar-refractivity contribution in [3.05, 3.63) is 65.9 Å². The fourth-order valence-electron chi connectivity index (χ4n) is 3.72. The smallest absolute Gasteiger partial charge is 0.0969 e. The van der Waals surface area contributed by atoms with Crippen molar-refractivity contribution >= 4 is 0 Å². The van der Waals surface area contributed by atoms with Crippen LogP contribution in [0.1, 0.15) is 35.8 Å². The molecular weight excluding hydrogens is 310 g/mol. The summed E-state index contributed by atoms with van der Waals surface area (Å²) in [6.07, 6.45) is 8.16. The van der Waals surface area contributed by atoms with Gasteiger partial charge in [-0.3, -0.25) is 19.5 Å². The lowest BCUT2D eigenvalue weighted by Gasteiger charge is -2.24. The van der Waals surface area contributed by atoms with Gasteiger partial charge in [0.2, 0.25) is 0 Å². The molecule has 1 atom stereocenters. The van der Waals surface area contributed by atoms with Gasteiger partial charge in [0.05, 0.1) is 17.4 Å². The van der Waals surface area contributed by atoms with Crippen LogP contribution < -0.4 is 0 Å². The van der Waals surface area contributed by atoms with E-state index in [0.29, 0.717) is 6.04 Å². The Morgan fingerprint density at radius 3 is 2.80 bits per heavy atom. The minimum atomic E-state index is 0.394. The van der Waals surface area contributed by atoms with E-state index < -0.39 is 0 Å². The summed E-state index contributed by atoms with van der Waals surface area (Å²) < 4.78 is 1.90. The highest BCUT2D eigenvalue weighted by Gasteiger charge is 2.28. The van der Waals surface area contributed by atoms with Gasteiger partial charge in [-0.25, -0.2) is 0 Å². The van der Waals surface area contributed by atoms with Crippen LogP contribution in [0.2, 0.25) is 0 Å². The molecule has 0 amide bonds. The van der Waals surface area contributed by atoms with Crippen LogP contribution in [-0.4, -0.2) is 31.2 Å². The predicted molar refractivity (Wildman–Crippen MR) is 97.8 cm³/mol. The highest BCUT2D eigenvalue weighted by molar-refractivity contribution is 5.61. The molecule has 0 aromatic carbocycles. The number of hydrogen-bond donors (Lipinski definition) is 0. The van der Waals surface area contributed by atoms with E-state index in [-0.39, 0.29) is 0 Å². The Balaban J connectivity index is 1.62. The molecular formula is C20H23N5. The third-order valence-corrected chi connectivity index (χ3v) is 4.85. The van der Waals surface area contributed by atoms with E-state index in [2.05, 4.69) is 46.3 Å². The molecule has 0 saturated carbocycles. The molecule has 4 rings (SSSR count). The second kappa shape index (κ2) is 6.76. The quantitative estimate of drug-likeness (QED) is 0.733. The first kappa shape index (κ1) is 16.0. The normalized spacial score (nSPS) is 17.9. The summed E-state index contributed by atoms with van der Waals surface area (Å²) in [5, 5.41) is 4.68. The monoisotopic (exact) mass is 333 g/mol. The van der Waals surface area contributed by atoms with Crippen LogP contribution in [0.5, 0.6) is 0 Å². The molecule has 25 heavy (non-hydrogen) atoms. The van der Waals surface area contributed by atoms with Crippen LogP contribution in [0.25, 0.3) is 11.3 Å². The molecule has 5 nitrogen and oxygen atoms in total. The second-order valence-corrected chi connectivity index (χ2v) is 6.74. The molecule has 0 radical (unpaired) electrons. The van der Waals surface area contributed by atoms with E-state index in [1.807, 2.05) is 36.3 Å². The van der Waals surface area contributed by atoms with E-state index in [0.717, 1.165) is 30.0 Å². The number of rotatable bonds is 4. The maximum atomic E-state index is 4.76. The van der Waals surface area contributed by atoms with Crippen molar-refractivity contribution in [1.29, 1.82) is 0 Å². The van der Waals surface area contributed by atoms with Gasteiger partial charge >= 0.3 is 0 Å². The van der Waals surface area contributed by atoms with E-state index in [1.165, 1.54) is 24.1 Å². The first-order valence-electron chi connectivity index (χ1n) is 8.81. The molecule has 5 heteroatoms. The predicted octanol–water partition coefficient (Wildman–Crippen LogP) is 3.52. The molecule has 1 aliphatic rings. The van der Waals surface area contributed by atoms with Gasteiger partial charge in [0.15, 0.2) is 0 Å². The molecule has 128 valence electrons. The maximum absolute atomic E-state index is 4.76. The largest absolute Gasteiger partial charge is 0.290 e. The molecule has 3 aromatic rings. The van der Waals surface area contributed by atoms with Gasteiger partial charge in [0, 0.05) is 49.0 Å². The van der Waals surface area contributed by atoms with Gasteiger partial charge in [0.1, 0.15) is 0 Å². The fraction of sp³-hybridized carbons (Fsp3) is 0.350. The van der Waals surface area contributed by atoms with E-state index >= 15 is 0 Å². The topological polar surface area (TPSA) is 46.8 Å². The number of aromatic nitrogens is 4. The summed E-state index contributed by atoms with van der Waals surface area (Å²) in [6.45, 7) is 4.06. The van der Waals surface area contributed by atoms with Gasteiger partial charge in [-0.05, 0) is 50.6 Å². The third kappa shape index (κ3) is 3.33. The summed E-state index contributed by atoms with van der Waals surface area (Å²) in [6, 6.07) is 10.8. The van der Waals surface area contributed by atoms with Gasteiger partial charge in [0.25, 0.3) is 0 Å². The lowest BCUT2D eigenvalue weighted by Crippen LogP contribution is -2.23. The van der Waals surface area contributed by atoms with E-state index in [9.17, 15) is 0 Å². The highest BCUT2D eigenvalue weighted by atomic mass is 15.3. The SMILES string of the molecule is Cc1cccc(C2CCCN2Cc2cn(C)nc2-c2ccncc2)n1. The van der Waals surface area contributed by atoms with Gasteiger partial charge in [-0.15, -0.1) is 0 Å². The molecule has 0 aliphatic carbocycles. The molecule has 3 aromatic heterocycles. The van der Waals surface area contributed by atoms with E-state index in [4.69, 9.17) is 4.98 Å². The van der Waals surface area contributed by atoms with Crippen molar-refractivity contribution in [2.45, 2.75) is 32.4 Å². The molecule has 0 N–H and O–H groups in total. The Kier molecular flexibility index (Phi) is 4.32. The molecule has 4 heterocycles. The van der Waals surface area contributed by atoms with Gasteiger partial charge < -0.3 is 0 Å². The van der Waals surface area contributed by atoms with Crippen LogP contribution in [-0.2, 0) is 13.6 Å². The summed E-state index contributed by atoms with van der Waals surface area (Å²) in [5.41, 5.74) is 5.70. The minimum absolute atomic E-state index is 0.394. The number of likely N-dealkylation sites (tertiary alicyclic amines) is 1. The Morgan fingerprint density at radius 2 is 2.00 bits per heavy atom. The molecule has 1 fully saturated rings. The average molecular weight is 333 g/mol. The van der Waals surface area contributed by atoms with Gasteiger partial charge in [-0.2, -0.15) is 5.10 Å². The Bertz CT molecular complexity index is 856. The fourth-order valence-corrected chi connectivity index (χ4v) is 3.72. The highest BCUT2D eigenvalue weighted by Crippen LogP contribution is 2.33. The Labute approximate surface area is 148 Å². The van der Waals surface area contributed by atoms with Crippen LogP contribution in [0.3, 0.4) is 0 Å². The van der Waals surface area contributed by atoms with Crippen LogP contribution in [0.15, 0.2) is 48.9 Å². The number of aryl methyl sites for hydroxylation is 2. The lowest BCUT2D eigenvalue weighted by atomic mass is 10.1. The van der Waals surface area contributed by atoms with Crippen molar-refractivity contribution in [2.24, 2.45) is 7.05 Å². The second-order valence-electron chi connectivity index (χ2n) is 6.74. The Morgan fingerprint density at radius 1 is 1.16 bits per heavy atom. The Hall–Kier alpha value is -2.53. The van der Waals surface area contributed by atoms with Crippen molar-refractivity contribution in [1.82, 2.24) is 24.6 Å². The maximum Gasteiger partial charge on any atom is 0.0969 e. The number of nitrogens with zero attached hydrogens (tertiary/aromatic N) is 5. The zero-order valence-electron chi connectivity index (χ0n) is 14.8. The van der Waals surface area contributed by atoms with Gasteiger partial charge in [-0.1, -0.05) is 6.07 Å². The third-order valence-electron chi connectivity index (χ3n) is 4.85. The van der Waals surface area contributed by atoms with Crippen molar-refractivity contribution in [3.63, 3.8) is 0 Å². The zero-order chi connectivity index (χ0) is 17.2. The van der Waals surface area contributed by atoms with E-state index in [1.54, 1.807) is 0 Å². The number of pyridine rings is 2. The summed E-state index contributed by atoms with van der Waals surface area (Å²) >= 11 is 0. The summed E-state index contributed by atoms with van der Waals surface area (Å²) in [5.74, 6) is 0. The first-order valence-corrected chi connectivity index (χ1v) is 8.81. The molecule has 1 unspecified atom stereocenters. The molecule has 0 bridgehead atoms. The van der Waals surface area contributed by atoms with Crippen molar-refractivity contribution in [2.75, 3.05) is 6.54 Å². The minimum Gasteiger partial charge on any atom is -0.290 e. The summed E-state index contributed by atoms with van der Waals surface area (Å²) in [4.78, 5) is 11.4. The zero-order valence-corrected chi connectivity index (χ0v) is 14.8. The molecule has 1 saturated heterocycles. The molecule has 0 spiro atoms. The van der Waals surface area contributed by atoms with Crippen molar-refractivity contribution in [3.8, 4) is 11.3 Å². The summed E-state index contributed by atoms with van der Waals surface area (Å²) in [7, 11) is 1.98. The van der Waals surface area contributed by atoms with Crippen LogP contribution in [0, 0.1) is 6.92 Å². The van der Waals surface area contributed by atoms with Crippen LogP contribution in [0.4, 0.5) is 0 Å². The standard InChI is InChI=1S/C20H23N5/c1-15-5-3-6-18(22-15)19-7-4-12-25(19)14-17-13-24(2)23-20(17)16-8-10-21-11-9-16/h3,5-6,8-11,13,19H,4,7,12,14H2,1-2H3. The molecule has 1 aliphatic heterocycles. The van der Waals surface area contributed by atoms with Crippen molar-refractivity contribution < 1.29 is 0 Å². The average Bonchev–Trinajstić information content (AvgIpc) is 3.22. The first-order chi connectivity index (χ1) is 12.2. The lowest BCUT2D eigenvalue weighted by molar-refractivity contribution is 0.244.